The molecule has 6 nitrogen and oxygen atoms in total. The molecule has 150 valence electrons. The molecule has 0 radical (unpaired) electrons. The van der Waals surface area contributed by atoms with E-state index in [1.165, 1.54) is 0 Å². The molecule has 1 saturated heterocycles. The van der Waals surface area contributed by atoms with Crippen molar-refractivity contribution in [2.24, 2.45) is 5.92 Å². The summed E-state index contributed by atoms with van der Waals surface area (Å²) < 4.78 is 5.32. The van der Waals surface area contributed by atoms with E-state index in [9.17, 15) is 9.59 Å². The van der Waals surface area contributed by atoms with Crippen LogP contribution in [0.5, 0.6) is 5.75 Å². The number of benzene rings is 1. The molecule has 0 aliphatic carbocycles. The molecule has 2 heterocycles. The quantitative estimate of drug-likeness (QED) is 0.805. The number of likely N-dealkylation sites (tertiary alicyclic amines) is 1. The van der Waals surface area contributed by atoms with Gasteiger partial charge >= 0.3 is 0 Å². The molecule has 2 amide bonds. The van der Waals surface area contributed by atoms with Crippen molar-refractivity contribution in [2.45, 2.75) is 39.2 Å². The van der Waals surface area contributed by atoms with Gasteiger partial charge in [-0.15, -0.1) is 11.3 Å². The Labute approximate surface area is 169 Å². The Balaban J connectivity index is 1.55. The number of hydrogen-bond acceptors (Lipinski definition) is 5. The van der Waals surface area contributed by atoms with Crippen molar-refractivity contribution in [2.75, 3.05) is 20.2 Å². The number of carbonyl (C=O) groups excluding carboxylic acids is 2. The second kappa shape index (κ2) is 9.19. The highest BCUT2D eigenvalue weighted by Crippen LogP contribution is 2.31. The van der Waals surface area contributed by atoms with Crippen LogP contribution in [-0.4, -0.2) is 41.9 Å². The number of para-hydroxylation sites is 1. The van der Waals surface area contributed by atoms with Gasteiger partial charge in [-0.25, -0.2) is 4.98 Å². The highest BCUT2D eigenvalue weighted by molar-refractivity contribution is 7.09. The fraction of sp³-hybridized carbons (Fsp3) is 0.476. The fourth-order valence-electron chi connectivity index (χ4n) is 3.29. The smallest absolute Gasteiger partial charge is 0.257 e. The number of thiazole rings is 1. The van der Waals surface area contributed by atoms with E-state index < -0.39 is 0 Å². The van der Waals surface area contributed by atoms with Crippen LogP contribution in [0, 0.1) is 5.92 Å². The van der Waals surface area contributed by atoms with Crippen LogP contribution in [0.2, 0.25) is 0 Å². The molecule has 1 aliphatic heterocycles. The molecular formula is C21H27N3O3S. The molecule has 1 aromatic heterocycles. The fourth-order valence-corrected chi connectivity index (χ4v) is 4.29. The Morgan fingerprint density at radius 3 is 2.68 bits per heavy atom. The first-order valence-corrected chi connectivity index (χ1v) is 10.5. The predicted molar refractivity (Wildman–Crippen MR) is 110 cm³/mol. The highest BCUT2D eigenvalue weighted by Gasteiger charge is 2.27. The minimum absolute atomic E-state index is 0.0205. The Bertz CT molecular complexity index is 826. The van der Waals surface area contributed by atoms with E-state index >= 15 is 0 Å². The summed E-state index contributed by atoms with van der Waals surface area (Å²) >= 11 is 1.64. The molecule has 0 unspecified atom stereocenters. The average Bonchev–Trinajstić information content (AvgIpc) is 3.20. The van der Waals surface area contributed by atoms with Crippen molar-refractivity contribution < 1.29 is 14.3 Å². The number of ether oxygens (including phenoxy) is 1. The van der Waals surface area contributed by atoms with Gasteiger partial charge in [-0.3, -0.25) is 9.59 Å². The number of piperidine rings is 1. The van der Waals surface area contributed by atoms with E-state index in [1.54, 1.807) is 18.4 Å². The highest BCUT2D eigenvalue weighted by atomic mass is 32.1. The summed E-state index contributed by atoms with van der Waals surface area (Å²) in [5.74, 6) is 1.01. The molecular weight excluding hydrogens is 374 g/mol. The van der Waals surface area contributed by atoms with Gasteiger partial charge in [0.2, 0.25) is 5.91 Å². The van der Waals surface area contributed by atoms with Crippen molar-refractivity contribution in [3.8, 4) is 5.75 Å². The maximum absolute atomic E-state index is 12.8. The van der Waals surface area contributed by atoms with Crippen LogP contribution in [0.15, 0.2) is 29.6 Å². The van der Waals surface area contributed by atoms with Crippen molar-refractivity contribution in [1.82, 2.24) is 15.2 Å². The average molecular weight is 402 g/mol. The standard InChI is InChI=1S/C21H27N3O3S/c1-14(2)19(25)22-12-16-13-28-20(23-16)15-8-10-24(11-9-15)21(26)17-6-4-5-7-18(17)27-3/h4-7,13-15H,8-12H2,1-3H3,(H,22,25). The Morgan fingerprint density at radius 1 is 1.29 bits per heavy atom. The number of amides is 2. The van der Waals surface area contributed by atoms with Gasteiger partial charge < -0.3 is 15.0 Å². The molecule has 0 spiro atoms. The van der Waals surface area contributed by atoms with E-state index in [1.807, 2.05) is 48.4 Å². The minimum atomic E-state index is -0.0248. The van der Waals surface area contributed by atoms with Gasteiger partial charge in [0.1, 0.15) is 5.75 Å². The normalized spacial score (nSPS) is 14.9. The minimum Gasteiger partial charge on any atom is -0.496 e. The van der Waals surface area contributed by atoms with Crippen LogP contribution >= 0.6 is 11.3 Å². The second-order valence-corrected chi connectivity index (χ2v) is 8.21. The van der Waals surface area contributed by atoms with Gasteiger partial charge in [-0.1, -0.05) is 26.0 Å². The molecule has 0 bridgehead atoms. The number of nitrogens with zero attached hydrogens (tertiary/aromatic N) is 2. The van der Waals surface area contributed by atoms with Crippen molar-refractivity contribution in [3.05, 3.63) is 45.9 Å². The van der Waals surface area contributed by atoms with E-state index in [0.29, 0.717) is 36.9 Å². The Morgan fingerprint density at radius 2 is 2.00 bits per heavy atom. The Kier molecular flexibility index (Phi) is 6.67. The third kappa shape index (κ3) is 4.70. The van der Waals surface area contributed by atoms with Gasteiger partial charge in [0, 0.05) is 30.3 Å². The number of hydrogen-bond donors (Lipinski definition) is 1. The molecule has 28 heavy (non-hydrogen) atoms. The SMILES string of the molecule is COc1ccccc1C(=O)N1CCC(c2nc(CNC(=O)C(C)C)cs2)CC1. The lowest BCUT2D eigenvalue weighted by Gasteiger charge is -2.31. The van der Waals surface area contributed by atoms with E-state index in [-0.39, 0.29) is 17.7 Å². The third-order valence-corrected chi connectivity index (χ3v) is 6.06. The zero-order valence-electron chi connectivity index (χ0n) is 16.6. The summed E-state index contributed by atoms with van der Waals surface area (Å²) in [5, 5.41) is 6.02. The largest absolute Gasteiger partial charge is 0.496 e. The number of nitrogens with one attached hydrogen (secondary N) is 1. The van der Waals surface area contributed by atoms with Crippen LogP contribution in [0.1, 0.15) is 53.7 Å². The monoisotopic (exact) mass is 401 g/mol. The van der Waals surface area contributed by atoms with Gasteiger partial charge in [0.25, 0.3) is 5.91 Å². The van der Waals surface area contributed by atoms with Crippen molar-refractivity contribution in [1.29, 1.82) is 0 Å². The first-order valence-electron chi connectivity index (χ1n) is 9.64. The molecule has 1 aliphatic rings. The van der Waals surface area contributed by atoms with Crippen LogP contribution in [0.3, 0.4) is 0 Å². The zero-order valence-corrected chi connectivity index (χ0v) is 17.4. The molecule has 3 rings (SSSR count). The van der Waals surface area contributed by atoms with E-state index in [4.69, 9.17) is 9.72 Å². The lowest BCUT2D eigenvalue weighted by Crippen LogP contribution is -2.38. The Hall–Kier alpha value is -2.41. The van der Waals surface area contributed by atoms with Crippen molar-refractivity contribution >= 4 is 23.2 Å². The summed E-state index contributed by atoms with van der Waals surface area (Å²) in [6.45, 7) is 5.64. The first-order chi connectivity index (χ1) is 13.5. The number of rotatable bonds is 6. The van der Waals surface area contributed by atoms with Crippen LogP contribution < -0.4 is 10.1 Å². The topological polar surface area (TPSA) is 71.5 Å². The maximum Gasteiger partial charge on any atom is 0.257 e. The molecule has 7 heteroatoms. The van der Waals surface area contributed by atoms with Crippen LogP contribution in [-0.2, 0) is 11.3 Å². The van der Waals surface area contributed by atoms with Crippen LogP contribution in [0.25, 0.3) is 0 Å². The summed E-state index contributed by atoms with van der Waals surface area (Å²) in [5.41, 5.74) is 1.52. The lowest BCUT2D eigenvalue weighted by atomic mass is 9.97. The molecule has 1 N–H and O–H groups in total. The summed E-state index contributed by atoms with van der Waals surface area (Å²) in [6, 6.07) is 7.35. The zero-order chi connectivity index (χ0) is 20.1. The van der Waals surface area contributed by atoms with Gasteiger partial charge in [-0.2, -0.15) is 0 Å². The number of aromatic nitrogens is 1. The molecule has 0 saturated carbocycles. The first kappa shape index (κ1) is 20.3. The molecule has 0 atom stereocenters. The van der Waals surface area contributed by atoms with Gasteiger partial charge in [0.15, 0.2) is 0 Å². The van der Waals surface area contributed by atoms with E-state index in [2.05, 4.69) is 5.32 Å². The number of methoxy groups -OCH3 is 1. The summed E-state index contributed by atoms with van der Waals surface area (Å²) in [6.07, 6.45) is 1.79. The maximum atomic E-state index is 12.8. The molecule has 1 fully saturated rings. The molecule has 1 aromatic carbocycles. The molecule has 2 aromatic rings. The van der Waals surface area contributed by atoms with Gasteiger partial charge in [-0.05, 0) is 25.0 Å². The second-order valence-electron chi connectivity index (χ2n) is 7.32. The number of carbonyl (C=O) groups is 2. The van der Waals surface area contributed by atoms with Crippen molar-refractivity contribution in [3.63, 3.8) is 0 Å². The summed E-state index contributed by atoms with van der Waals surface area (Å²) in [4.78, 5) is 31.1. The predicted octanol–water partition coefficient (Wildman–Crippen LogP) is 3.44. The van der Waals surface area contributed by atoms with Gasteiger partial charge in [0.05, 0.1) is 29.9 Å². The van der Waals surface area contributed by atoms with Crippen LogP contribution in [0.4, 0.5) is 0 Å². The van der Waals surface area contributed by atoms with E-state index in [0.717, 1.165) is 23.5 Å². The summed E-state index contributed by atoms with van der Waals surface area (Å²) in [7, 11) is 1.59. The third-order valence-electron chi connectivity index (χ3n) is 5.01. The lowest BCUT2D eigenvalue weighted by molar-refractivity contribution is -0.124.